The second-order valence-corrected chi connectivity index (χ2v) is 8.46. The molecule has 1 N–H and O–H groups in total. The Labute approximate surface area is 195 Å². The Morgan fingerprint density at radius 1 is 1.15 bits per heavy atom. The van der Waals surface area contributed by atoms with E-state index in [0.717, 1.165) is 30.9 Å². The number of aliphatic hydroxyl groups excluding tert-OH is 1. The summed E-state index contributed by atoms with van der Waals surface area (Å²) >= 11 is 0. The Kier molecular flexibility index (Phi) is 11.2. The van der Waals surface area contributed by atoms with Crippen LogP contribution in [0.1, 0.15) is 70.3 Å². The summed E-state index contributed by atoms with van der Waals surface area (Å²) in [7, 11) is 0. The molecule has 0 amide bonds. The van der Waals surface area contributed by atoms with Gasteiger partial charge in [0, 0.05) is 18.4 Å². The molecule has 1 aromatic carbocycles. The Morgan fingerprint density at radius 3 is 2.61 bits per heavy atom. The first-order valence-electron chi connectivity index (χ1n) is 11.8. The quantitative estimate of drug-likeness (QED) is 0.207. The van der Waals surface area contributed by atoms with Crippen LogP contribution in [0.15, 0.2) is 59.9 Å². The number of ketones is 1. The van der Waals surface area contributed by atoms with Crippen molar-refractivity contribution in [2.45, 2.75) is 83.3 Å². The molecule has 0 heterocycles. The number of allylic oxidation sites excluding steroid dienone is 2. The molecule has 2 atom stereocenters. The molecular weight excluding hydrogens is 426 g/mol. The highest BCUT2D eigenvalue weighted by molar-refractivity contribution is 5.98. The second kappa shape index (κ2) is 13.9. The third-order valence-electron chi connectivity index (χ3n) is 5.72. The fourth-order valence-electron chi connectivity index (χ4n) is 3.64. The van der Waals surface area contributed by atoms with Gasteiger partial charge in [-0.05, 0) is 43.1 Å². The van der Waals surface area contributed by atoms with Gasteiger partial charge in [0.1, 0.15) is 12.7 Å². The zero-order valence-corrected chi connectivity index (χ0v) is 19.3. The highest BCUT2D eigenvalue weighted by Crippen LogP contribution is 2.29. The number of halogens is 2. The van der Waals surface area contributed by atoms with Crippen molar-refractivity contribution in [1.82, 2.24) is 0 Å². The normalized spacial score (nSPS) is 16.5. The molecule has 0 spiro atoms. The van der Waals surface area contributed by atoms with Crippen LogP contribution in [-0.2, 0) is 20.9 Å². The molecule has 2 unspecified atom stereocenters. The number of rotatable bonds is 14. The van der Waals surface area contributed by atoms with E-state index in [0.29, 0.717) is 37.7 Å². The predicted octanol–water partition coefficient (Wildman–Crippen LogP) is 6.09. The Hall–Kier alpha value is -2.56. The van der Waals surface area contributed by atoms with E-state index in [9.17, 15) is 23.5 Å². The molecule has 33 heavy (non-hydrogen) atoms. The van der Waals surface area contributed by atoms with Gasteiger partial charge in [0.2, 0.25) is 0 Å². The SMILES string of the molecule is CCCCC(F)(F)C(O)C=C=C1C=CC(=O)C1CCCCCCC(=O)OCc1ccccc1. The average Bonchev–Trinajstić information content (AvgIpc) is 3.16. The molecule has 0 aliphatic heterocycles. The lowest BCUT2D eigenvalue weighted by molar-refractivity contribution is -0.145. The first-order chi connectivity index (χ1) is 15.8. The van der Waals surface area contributed by atoms with E-state index in [1.807, 2.05) is 37.3 Å². The van der Waals surface area contributed by atoms with Crippen LogP contribution >= 0.6 is 0 Å². The summed E-state index contributed by atoms with van der Waals surface area (Å²) in [6.07, 6.45) is 6.79. The minimum absolute atomic E-state index is 0.0670. The van der Waals surface area contributed by atoms with Crippen LogP contribution in [0.25, 0.3) is 0 Å². The summed E-state index contributed by atoms with van der Waals surface area (Å²) in [6.45, 7) is 2.09. The molecule has 1 aliphatic rings. The maximum Gasteiger partial charge on any atom is 0.306 e. The Morgan fingerprint density at radius 2 is 1.88 bits per heavy atom. The molecular formula is C27H34F2O4. The molecule has 0 aromatic heterocycles. The summed E-state index contributed by atoms with van der Waals surface area (Å²) in [6, 6.07) is 9.52. The van der Waals surface area contributed by atoms with Crippen LogP contribution in [0.3, 0.4) is 0 Å². The van der Waals surface area contributed by atoms with Gasteiger partial charge in [0.25, 0.3) is 5.92 Å². The molecule has 6 heteroatoms. The number of hydrogen-bond acceptors (Lipinski definition) is 4. The lowest BCUT2D eigenvalue weighted by Crippen LogP contribution is -2.31. The minimum Gasteiger partial charge on any atom is -0.461 e. The molecule has 1 aromatic rings. The number of ether oxygens (including phenoxy) is 1. The fourth-order valence-corrected chi connectivity index (χ4v) is 3.64. The number of benzene rings is 1. The van der Waals surface area contributed by atoms with E-state index in [1.165, 1.54) is 6.08 Å². The molecule has 1 aliphatic carbocycles. The third kappa shape index (κ3) is 9.45. The highest BCUT2D eigenvalue weighted by atomic mass is 19.3. The third-order valence-corrected chi connectivity index (χ3v) is 5.72. The summed E-state index contributed by atoms with van der Waals surface area (Å²) in [4.78, 5) is 24.0. The molecule has 180 valence electrons. The number of carbonyl (C=O) groups excluding carboxylic acids is 2. The summed E-state index contributed by atoms with van der Waals surface area (Å²) in [5.74, 6) is -3.90. The van der Waals surface area contributed by atoms with Crippen molar-refractivity contribution in [2.75, 3.05) is 0 Å². The molecule has 0 saturated heterocycles. The first-order valence-corrected chi connectivity index (χ1v) is 11.8. The topological polar surface area (TPSA) is 63.6 Å². The van der Waals surface area contributed by atoms with Gasteiger partial charge >= 0.3 is 5.97 Å². The van der Waals surface area contributed by atoms with Crippen molar-refractivity contribution in [3.63, 3.8) is 0 Å². The monoisotopic (exact) mass is 460 g/mol. The van der Waals surface area contributed by atoms with Gasteiger partial charge in [-0.25, -0.2) is 8.78 Å². The van der Waals surface area contributed by atoms with E-state index < -0.39 is 17.9 Å². The Balaban J connectivity index is 1.70. The number of carbonyl (C=O) groups is 2. The second-order valence-electron chi connectivity index (χ2n) is 8.46. The number of hydrogen-bond donors (Lipinski definition) is 1. The largest absolute Gasteiger partial charge is 0.461 e. The molecule has 4 nitrogen and oxygen atoms in total. The number of unbranched alkanes of at least 4 members (excludes halogenated alkanes) is 4. The van der Waals surface area contributed by atoms with Crippen molar-refractivity contribution in [2.24, 2.45) is 5.92 Å². The number of esters is 1. The minimum atomic E-state index is -3.20. The predicted molar refractivity (Wildman–Crippen MR) is 124 cm³/mol. The molecule has 0 fully saturated rings. The highest BCUT2D eigenvalue weighted by Gasteiger charge is 2.36. The molecule has 0 saturated carbocycles. The van der Waals surface area contributed by atoms with Crippen LogP contribution in [0.5, 0.6) is 0 Å². The van der Waals surface area contributed by atoms with Crippen LogP contribution < -0.4 is 0 Å². The van der Waals surface area contributed by atoms with Crippen LogP contribution in [-0.4, -0.2) is 28.9 Å². The summed E-state index contributed by atoms with van der Waals surface area (Å²) in [5, 5.41) is 9.81. The zero-order chi connectivity index (χ0) is 24.1. The van der Waals surface area contributed by atoms with E-state index in [-0.39, 0.29) is 24.8 Å². The standard InChI is InChI=1S/C27H34F2O4/c1-2-3-19-27(28,29)25(31)18-16-22-15-17-24(30)23(22)13-9-4-5-10-14-26(32)33-20-21-11-7-6-8-12-21/h6-8,11-12,15,17-18,23,25,31H,2-5,9-10,13-14,19-20H2,1H3. The van der Waals surface area contributed by atoms with Gasteiger partial charge in [-0.15, -0.1) is 5.73 Å². The van der Waals surface area contributed by atoms with E-state index in [2.05, 4.69) is 5.73 Å². The van der Waals surface area contributed by atoms with Gasteiger partial charge in [-0.2, -0.15) is 0 Å². The average molecular weight is 461 g/mol. The lowest BCUT2D eigenvalue weighted by atomic mass is 9.94. The van der Waals surface area contributed by atoms with E-state index in [1.54, 1.807) is 6.08 Å². The van der Waals surface area contributed by atoms with Crippen LogP contribution in [0.2, 0.25) is 0 Å². The molecule has 0 bridgehead atoms. The van der Waals surface area contributed by atoms with E-state index >= 15 is 0 Å². The number of alkyl halides is 2. The maximum atomic E-state index is 13.9. The van der Waals surface area contributed by atoms with Gasteiger partial charge < -0.3 is 9.84 Å². The summed E-state index contributed by atoms with van der Waals surface area (Å²) < 4.78 is 33.1. The van der Waals surface area contributed by atoms with Crippen LogP contribution in [0.4, 0.5) is 8.78 Å². The molecule has 0 radical (unpaired) electrons. The van der Waals surface area contributed by atoms with Gasteiger partial charge in [0.15, 0.2) is 5.78 Å². The Bertz CT molecular complexity index is 854. The fraction of sp³-hybridized carbons (Fsp3) is 0.519. The van der Waals surface area contributed by atoms with Gasteiger partial charge in [-0.1, -0.05) is 62.9 Å². The first kappa shape index (κ1) is 26.7. The lowest BCUT2D eigenvalue weighted by Gasteiger charge is -2.19. The van der Waals surface area contributed by atoms with Gasteiger partial charge in [0.05, 0.1) is 5.92 Å². The van der Waals surface area contributed by atoms with Crippen LogP contribution in [0, 0.1) is 5.92 Å². The molecule has 2 rings (SSSR count). The maximum absolute atomic E-state index is 13.9. The van der Waals surface area contributed by atoms with Crippen molar-refractivity contribution >= 4 is 11.8 Å². The van der Waals surface area contributed by atoms with Crippen molar-refractivity contribution in [3.05, 3.63) is 65.4 Å². The van der Waals surface area contributed by atoms with Crippen molar-refractivity contribution in [3.8, 4) is 0 Å². The smallest absolute Gasteiger partial charge is 0.306 e. The van der Waals surface area contributed by atoms with Gasteiger partial charge in [-0.3, -0.25) is 9.59 Å². The zero-order valence-electron chi connectivity index (χ0n) is 19.3. The van der Waals surface area contributed by atoms with E-state index in [4.69, 9.17) is 4.74 Å². The number of aliphatic hydroxyl groups is 1. The van der Waals surface area contributed by atoms with Crippen molar-refractivity contribution < 1.29 is 28.2 Å². The summed E-state index contributed by atoms with van der Waals surface area (Å²) in [5.41, 5.74) is 4.22. The van der Waals surface area contributed by atoms with Crippen molar-refractivity contribution in [1.29, 1.82) is 0 Å².